The van der Waals surface area contributed by atoms with Crippen LogP contribution < -0.4 is 15.4 Å². The molecule has 7 rings (SSSR count). The molecule has 0 spiro atoms. The van der Waals surface area contributed by atoms with Gasteiger partial charge in [-0.15, -0.1) is 0 Å². The number of hydrogen-bond acceptors (Lipinski definition) is 15. The SMILES string of the molecule is CO[C@H]1/C=C/O[C@@]2(C)Oc3c(C)c(O)c4c(c3C2=O)C(=O)C(N2CCOCC2)=C(NC(=O)/C(C)=C\C=C\[C@H](C)[C@H](O)[C@@H](C)[C@@H](O)[C@@H](C)[C@H](OC(=O)NCCC2CCCN2C)[C@@H]1C)C4=O. The summed E-state index contributed by atoms with van der Waals surface area (Å²) in [5, 5.41) is 40.4. The van der Waals surface area contributed by atoms with E-state index in [2.05, 4.69) is 22.6 Å². The number of aliphatic hydroxyl groups excluding tert-OH is 2. The number of rotatable bonds is 6. The van der Waals surface area contributed by atoms with Crippen LogP contribution >= 0.6 is 0 Å². The average Bonchev–Trinajstić information content (AvgIpc) is 3.81. The van der Waals surface area contributed by atoms with E-state index in [9.17, 15) is 39.3 Å². The number of aromatic hydroxyl groups is 1. The van der Waals surface area contributed by atoms with E-state index in [1.807, 2.05) is 0 Å². The van der Waals surface area contributed by atoms with Crippen molar-refractivity contribution in [1.82, 2.24) is 20.4 Å². The van der Waals surface area contributed by atoms with Crippen LogP contribution in [0.15, 0.2) is 47.5 Å². The summed E-state index contributed by atoms with van der Waals surface area (Å²) in [5.41, 5.74) is -1.47. The van der Waals surface area contributed by atoms with E-state index in [1.54, 1.807) is 44.7 Å². The standard InChI is InChI=1S/C47H64N4O13/c1-24-12-10-13-25(2)45(58)49-35-36(51-19-22-61-23-20-51)41(56)32-33(40(35)55)39(54)29(6)43-34(32)44(57)47(7,64-43)62-21-16-31(60-9)26(3)42(28(5)38(53)27(4)37(24)52)63-46(59)48-17-15-30-14-11-18-50(30)8/h10,12-13,16,21,24,26-28,30-31,37-38,42,52-54H,11,14-15,17-20,22-23H2,1-9H3,(H,48,59)(H,49,58)/b12-10+,21-16+,25-13-/t24-,26+,27+,28+,30?,31-,37-,38+,42+,47-/m0/s1. The lowest BCUT2D eigenvalue weighted by molar-refractivity contribution is -0.116. The highest BCUT2D eigenvalue weighted by Gasteiger charge is 2.53. The number of likely N-dealkylation sites (tertiary alicyclic amines) is 1. The first-order valence-electron chi connectivity index (χ1n) is 22.2. The fraction of sp³-hybridized carbons (Fsp3) is 0.596. The second kappa shape index (κ2) is 20.0. The first-order chi connectivity index (χ1) is 30.3. The lowest BCUT2D eigenvalue weighted by atomic mass is 9.78. The van der Waals surface area contributed by atoms with Gasteiger partial charge in [0, 0.05) is 74.5 Å². The molecule has 5 heterocycles. The number of fused-ring (bicyclic) bond motifs is 14. The Bertz CT molecular complexity index is 2130. The van der Waals surface area contributed by atoms with Crippen LogP contribution in [0.4, 0.5) is 4.79 Å². The number of amides is 2. The normalized spacial score (nSPS) is 33.8. The van der Waals surface area contributed by atoms with E-state index in [-0.39, 0.29) is 65.7 Å². The topological polar surface area (TPSA) is 223 Å². The Morgan fingerprint density at radius 1 is 0.953 bits per heavy atom. The van der Waals surface area contributed by atoms with Crippen LogP contribution in [0.5, 0.6) is 11.5 Å². The van der Waals surface area contributed by atoms with Crippen LogP contribution in [-0.4, -0.2) is 144 Å². The van der Waals surface area contributed by atoms with Crippen molar-refractivity contribution in [3.63, 3.8) is 0 Å². The molecule has 0 radical (unpaired) electrons. The monoisotopic (exact) mass is 892 g/mol. The molecule has 64 heavy (non-hydrogen) atoms. The zero-order chi connectivity index (χ0) is 46.8. The van der Waals surface area contributed by atoms with Crippen molar-refractivity contribution < 1.29 is 63.0 Å². The number of hydrogen-bond donors (Lipinski definition) is 5. The number of alkyl carbamates (subject to hydrolysis) is 1. The number of methoxy groups -OCH3 is 1. The first kappa shape index (κ1) is 48.4. The number of morpholine rings is 1. The maximum absolute atomic E-state index is 14.8. The summed E-state index contributed by atoms with van der Waals surface area (Å²) < 4.78 is 29.6. The number of phenolic OH excluding ortho intramolecular Hbond substituents is 1. The Balaban J connectivity index is 1.40. The van der Waals surface area contributed by atoms with E-state index in [1.165, 1.54) is 46.3 Å². The van der Waals surface area contributed by atoms with Crippen LogP contribution in [0.2, 0.25) is 0 Å². The van der Waals surface area contributed by atoms with Gasteiger partial charge < -0.3 is 59.4 Å². The average molecular weight is 893 g/mol. The summed E-state index contributed by atoms with van der Waals surface area (Å²) in [4.78, 5) is 74.9. The molecule has 2 fully saturated rings. The predicted molar refractivity (Wildman–Crippen MR) is 234 cm³/mol. The highest BCUT2D eigenvalue weighted by Crippen LogP contribution is 2.49. The van der Waals surface area contributed by atoms with Gasteiger partial charge in [0.2, 0.25) is 11.6 Å². The van der Waals surface area contributed by atoms with Gasteiger partial charge >= 0.3 is 11.9 Å². The molecule has 1 aromatic rings. The van der Waals surface area contributed by atoms with Gasteiger partial charge in [-0.25, -0.2) is 4.79 Å². The number of carbonyl (C=O) groups is 5. The summed E-state index contributed by atoms with van der Waals surface area (Å²) in [6.07, 6.45) is 5.54. The number of Topliss-reactive ketones (excluding diaryl/α,β-unsaturated/α-hetero) is 3. The second-order valence-electron chi connectivity index (χ2n) is 17.9. The van der Waals surface area contributed by atoms with E-state index >= 15 is 0 Å². The predicted octanol–water partition coefficient (Wildman–Crippen LogP) is 3.94. The number of allylic oxidation sites excluding steroid dienone is 4. The lowest BCUT2D eigenvalue weighted by Gasteiger charge is -2.38. The zero-order valence-electron chi connectivity index (χ0n) is 38.3. The van der Waals surface area contributed by atoms with Crippen molar-refractivity contribution in [2.24, 2.45) is 23.7 Å². The fourth-order valence-electron chi connectivity index (χ4n) is 9.42. The van der Waals surface area contributed by atoms with Gasteiger partial charge in [-0.2, -0.15) is 0 Å². The smallest absolute Gasteiger partial charge is 0.407 e. The molecule has 5 bridgehead atoms. The molecule has 5 aliphatic heterocycles. The van der Waals surface area contributed by atoms with Crippen molar-refractivity contribution in [1.29, 1.82) is 0 Å². The van der Waals surface area contributed by atoms with Crippen molar-refractivity contribution in [3.8, 4) is 11.5 Å². The van der Waals surface area contributed by atoms with Crippen LogP contribution in [0, 0.1) is 30.6 Å². The van der Waals surface area contributed by atoms with Crippen molar-refractivity contribution in [3.05, 3.63) is 69.8 Å². The van der Waals surface area contributed by atoms with Gasteiger partial charge in [0.1, 0.15) is 29.0 Å². The maximum Gasteiger partial charge on any atom is 0.407 e. The molecular formula is C47H64N4O13. The molecule has 0 aromatic heterocycles. The number of ketones is 3. The summed E-state index contributed by atoms with van der Waals surface area (Å²) in [6, 6.07) is 0.344. The third-order valence-electron chi connectivity index (χ3n) is 13.6. The van der Waals surface area contributed by atoms with Crippen LogP contribution in [-0.2, 0) is 23.7 Å². The molecule has 1 aromatic carbocycles. The molecule has 17 nitrogen and oxygen atoms in total. The lowest BCUT2D eigenvalue weighted by Crippen LogP contribution is -2.48. The van der Waals surface area contributed by atoms with Gasteiger partial charge in [-0.05, 0) is 52.8 Å². The van der Waals surface area contributed by atoms with Gasteiger partial charge in [-0.3, -0.25) is 19.2 Å². The van der Waals surface area contributed by atoms with Gasteiger partial charge in [0.25, 0.3) is 11.7 Å². The van der Waals surface area contributed by atoms with E-state index in [4.69, 9.17) is 23.7 Å². The summed E-state index contributed by atoms with van der Waals surface area (Å²) in [6.45, 7) is 13.4. The molecule has 10 atom stereocenters. The van der Waals surface area contributed by atoms with Crippen LogP contribution in [0.3, 0.4) is 0 Å². The maximum atomic E-state index is 14.8. The summed E-state index contributed by atoms with van der Waals surface area (Å²) in [7, 11) is 3.50. The minimum atomic E-state index is -2.09. The molecule has 6 aliphatic rings. The highest BCUT2D eigenvalue weighted by molar-refractivity contribution is 6.32. The quantitative estimate of drug-likeness (QED) is 0.273. The minimum Gasteiger partial charge on any atom is -0.507 e. The van der Waals surface area contributed by atoms with Crippen LogP contribution in [0.1, 0.15) is 97.4 Å². The molecule has 5 N–H and O–H groups in total. The Morgan fingerprint density at radius 3 is 2.31 bits per heavy atom. The zero-order valence-corrected chi connectivity index (χ0v) is 38.3. The summed E-state index contributed by atoms with van der Waals surface area (Å²) >= 11 is 0. The van der Waals surface area contributed by atoms with Crippen molar-refractivity contribution >= 4 is 29.4 Å². The highest BCUT2D eigenvalue weighted by atomic mass is 16.7. The Kier molecular flexibility index (Phi) is 15.1. The van der Waals surface area contributed by atoms with E-state index in [0.717, 1.165) is 25.8 Å². The number of nitrogens with one attached hydrogen (secondary N) is 2. The largest absolute Gasteiger partial charge is 0.507 e. The fourth-order valence-corrected chi connectivity index (χ4v) is 9.42. The molecule has 2 saturated heterocycles. The molecule has 1 unspecified atom stereocenters. The molecule has 350 valence electrons. The number of aliphatic hydroxyl groups is 2. The first-order valence-corrected chi connectivity index (χ1v) is 22.2. The number of carbonyl (C=O) groups excluding carboxylic acids is 5. The molecular weight excluding hydrogens is 829 g/mol. The number of ether oxygens (including phenoxy) is 5. The number of benzene rings is 1. The van der Waals surface area contributed by atoms with E-state index in [0.29, 0.717) is 12.6 Å². The summed E-state index contributed by atoms with van der Waals surface area (Å²) in [5.74, 6) is -8.66. The van der Waals surface area contributed by atoms with Gasteiger partial charge in [0.15, 0.2) is 0 Å². The van der Waals surface area contributed by atoms with E-state index < -0.39 is 94.5 Å². The molecule has 1 aliphatic carbocycles. The number of nitrogens with zero attached hydrogens (tertiary/aromatic N) is 2. The van der Waals surface area contributed by atoms with Crippen molar-refractivity contribution in [2.75, 3.05) is 53.6 Å². The van der Waals surface area contributed by atoms with Crippen LogP contribution in [0.25, 0.3) is 0 Å². The second-order valence-corrected chi connectivity index (χ2v) is 17.9. The molecule has 17 heteroatoms. The molecule has 2 amide bonds. The van der Waals surface area contributed by atoms with Crippen molar-refractivity contribution in [2.45, 2.75) is 104 Å². The third-order valence-corrected chi connectivity index (χ3v) is 13.6. The minimum absolute atomic E-state index is 0.00166. The molecule has 0 saturated carbocycles. The third kappa shape index (κ3) is 9.50. The Morgan fingerprint density at radius 2 is 1.66 bits per heavy atom. The van der Waals surface area contributed by atoms with Gasteiger partial charge in [-0.1, -0.05) is 45.9 Å². The number of phenols is 1. The Labute approximate surface area is 374 Å². The Hall–Kier alpha value is -5.07. The van der Waals surface area contributed by atoms with Gasteiger partial charge in [0.05, 0.1) is 54.5 Å².